The Kier molecular flexibility index (Phi) is 4.02. The number of nitrogens with one attached hydrogen (secondary N) is 2. The van der Waals surface area contributed by atoms with E-state index in [0.29, 0.717) is 18.1 Å². The van der Waals surface area contributed by atoms with Crippen molar-refractivity contribution in [2.75, 3.05) is 31.8 Å². The number of ether oxygens (including phenoxy) is 1. The number of anilines is 1. The molecule has 2 aromatic rings. The fourth-order valence-corrected chi connectivity index (χ4v) is 2.46. The summed E-state index contributed by atoms with van der Waals surface area (Å²) in [7, 11) is 1.81. The fourth-order valence-electron chi connectivity index (χ4n) is 2.46. The predicted molar refractivity (Wildman–Crippen MR) is 88.1 cm³/mol. The maximum absolute atomic E-state index is 7.88. The number of benzene rings is 1. The van der Waals surface area contributed by atoms with Crippen molar-refractivity contribution in [3.8, 4) is 0 Å². The molecule has 0 amide bonds. The largest absolute Gasteiger partial charge is 0.393 e. The third-order valence-corrected chi connectivity index (χ3v) is 3.61. The summed E-state index contributed by atoms with van der Waals surface area (Å²) in [5.41, 5.74) is 4.65. The van der Waals surface area contributed by atoms with Crippen LogP contribution in [0.25, 0.3) is 16.6 Å². The topological polar surface area (TPSA) is 74.1 Å². The molecule has 2 heterocycles. The number of nitrogens with zero attached hydrogens (tertiary/aromatic N) is 3. The van der Waals surface area contributed by atoms with Gasteiger partial charge in [0.1, 0.15) is 6.73 Å². The molecule has 0 aliphatic carbocycles. The van der Waals surface area contributed by atoms with E-state index in [2.05, 4.69) is 20.2 Å². The molecule has 1 aromatic heterocycles. The molecule has 0 unspecified atom stereocenters. The maximum atomic E-state index is 7.88. The Balaban J connectivity index is 2.03. The number of fused-ring (bicyclic) bond motifs is 1. The van der Waals surface area contributed by atoms with E-state index >= 15 is 0 Å². The highest BCUT2D eigenvalue weighted by atomic mass is 16.5. The van der Waals surface area contributed by atoms with Gasteiger partial charge < -0.3 is 20.4 Å². The van der Waals surface area contributed by atoms with Crippen molar-refractivity contribution in [1.82, 2.24) is 15.3 Å². The van der Waals surface area contributed by atoms with Gasteiger partial charge >= 0.3 is 0 Å². The molecule has 0 radical (unpaired) electrons. The zero-order valence-electron chi connectivity index (χ0n) is 12.8. The maximum Gasteiger partial charge on any atom is 0.119 e. The lowest BCUT2D eigenvalue weighted by atomic mass is 10.1. The van der Waals surface area contributed by atoms with Gasteiger partial charge in [-0.1, -0.05) is 0 Å². The van der Waals surface area contributed by atoms with Gasteiger partial charge in [-0.2, -0.15) is 0 Å². The van der Waals surface area contributed by atoms with Gasteiger partial charge in [0.05, 0.1) is 29.5 Å². The Hall–Kier alpha value is -2.47. The van der Waals surface area contributed by atoms with Crippen LogP contribution in [0.3, 0.4) is 0 Å². The van der Waals surface area contributed by atoms with Gasteiger partial charge in [0, 0.05) is 36.8 Å². The van der Waals surface area contributed by atoms with Crippen LogP contribution in [0.4, 0.5) is 5.69 Å². The number of aromatic nitrogens is 2. The van der Waals surface area contributed by atoms with E-state index in [4.69, 9.17) is 10.1 Å². The second-order valence-electron chi connectivity index (χ2n) is 5.20. The summed E-state index contributed by atoms with van der Waals surface area (Å²) in [5, 5.41) is 10.8. The molecule has 6 heteroatoms. The third kappa shape index (κ3) is 2.78. The second-order valence-corrected chi connectivity index (χ2v) is 5.20. The normalized spacial score (nSPS) is 15.4. The average Bonchev–Trinajstić information content (AvgIpc) is 3.05. The molecule has 0 saturated carbocycles. The molecule has 1 fully saturated rings. The van der Waals surface area contributed by atoms with E-state index < -0.39 is 0 Å². The Morgan fingerprint density at radius 3 is 2.95 bits per heavy atom. The van der Waals surface area contributed by atoms with Crippen LogP contribution in [0.15, 0.2) is 30.6 Å². The Labute approximate surface area is 129 Å². The molecule has 0 spiro atoms. The number of rotatable bonds is 4. The average molecular weight is 297 g/mol. The first kappa shape index (κ1) is 14.5. The molecule has 1 aromatic carbocycles. The quantitative estimate of drug-likeness (QED) is 0.845. The van der Waals surface area contributed by atoms with Crippen molar-refractivity contribution >= 4 is 28.0 Å². The summed E-state index contributed by atoms with van der Waals surface area (Å²) in [6.07, 6.45) is 3.48. The van der Waals surface area contributed by atoms with Crippen LogP contribution in [-0.4, -0.2) is 42.6 Å². The van der Waals surface area contributed by atoms with Gasteiger partial charge in [-0.3, -0.25) is 4.98 Å². The molecule has 0 bridgehead atoms. The second kappa shape index (κ2) is 6.11. The molecule has 1 saturated heterocycles. The molecule has 6 nitrogen and oxygen atoms in total. The van der Waals surface area contributed by atoms with Gasteiger partial charge in [-0.15, -0.1) is 0 Å². The summed E-state index contributed by atoms with van der Waals surface area (Å²) >= 11 is 0. The molecule has 0 atom stereocenters. The minimum atomic E-state index is 0.451. The molecule has 114 valence electrons. The van der Waals surface area contributed by atoms with Crippen molar-refractivity contribution in [1.29, 1.82) is 5.41 Å². The van der Waals surface area contributed by atoms with Gasteiger partial charge in [0.25, 0.3) is 0 Å². The molecular formula is C16H19N5O. The van der Waals surface area contributed by atoms with E-state index in [9.17, 15) is 0 Å². The predicted octanol–water partition coefficient (Wildman–Crippen LogP) is 2.02. The summed E-state index contributed by atoms with van der Waals surface area (Å²) in [6.45, 7) is 4.01. The molecule has 1 aliphatic rings. The van der Waals surface area contributed by atoms with Gasteiger partial charge in [0.15, 0.2) is 0 Å². The zero-order chi connectivity index (χ0) is 15.5. The minimum Gasteiger partial charge on any atom is -0.393 e. The van der Waals surface area contributed by atoms with Crippen LogP contribution < -0.4 is 10.2 Å². The van der Waals surface area contributed by atoms with E-state index in [1.165, 1.54) is 0 Å². The van der Waals surface area contributed by atoms with Gasteiger partial charge in [-0.25, -0.2) is 4.98 Å². The van der Waals surface area contributed by atoms with Crippen molar-refractivity contribution in [3.63, 3.8) is 0 Å². The van der Waals surface area contributed by atoms with Crippen molar-refractivity contribution < 1.29 is 4.74 Å². The van der Waals surface area contributed by atoms with Crippen LogP contribution in [0.1, 0.15) is 12.6 Å². The highest BCUT2D eigenvalue weighted by molar-refractivity contribution is 6.20. The first-order valence-electron chi connectivity index (χ1n) is 7.22. The lowest BCUT2D eigenvalue weighted by Crippen LogP contribution is -2.18. The van der Waals surface area contributed by atoms with Crippen LogP contribution in [0, 0.1) is 5.41 Å². The van der Waals surface area contributed by atoms with E-state index in [-0.39, 0.29) is 0 Å². The summed E-state index contributed by atoms with van der Waals surface area (Å²) in [5.74, 6) is 0. The van der Waals surface area contributed by atoms with Crippen molar-refractivity contribution in [2.45, 2.75) is 6.92 Å². The molecule has 2 N–H and O–H groups in total. The van der Waals surface area contributed by atoms with Crippen molar-refractivity contribution in [2.24, 2.45) is 0 Å². The zero-order valence-corrected chi connectivity index (χ0v) is 12.8. The van der Waals surface area contributed by atoms with Crippen molar-refractivity contribution in [3.05, 3.63) is 36.3 Å². The number of allylic oxidation sites excluding steroid dienone is 1. The Bertz CT molecular complexity index is 734. The lowest BCUT2D eigenvalue weighted by Gasteiger charge is -2.16. The van der Waals surface area contributed by atoms with Crippen LogP contribution in [0.5, 0.6) is 0 Å². The number of hydrogen-bond donors (Lipinski definition) is 2. The minimum absolute atomic E-state index is 0.451. The highest BCUT2D eigenvalue weighted by Gasteiger charge is 2.14. The molecule has 1 aliphatic heterocycles. The highest BCUT2D eigenvalue weighted by Crippen LogP contribution is 2.23. The standard InChI is InChI=1S/C16H19N5O/c1-11(17)13(8-18-2)16-9-19-14-4-3-12(7-15(14)20-16)21-5-6-22-10-21/h3-4,7-9,17-18H,5-6,10H2,1-2H3/b13-8+,17-11?. The first-order valence-corrected chi connectivity index (χ1v) is 7.22. The van der Waals surface area contributed by atoms with E-state index in [1.54, 1.807) is 19.3 Å². The summed E-state index contributed by atoms with van der Waals surface area (Å²) in [4.78, 5) is 11.3. The Morgan fingerprint density at radius 1 is 1.41 bits per heavy atom. The van der Waals surface area contributed by atoms with E-state index in [0.717, 1.165) is 35.4 Å². The number of hydrogen-bond acceptors (Lipinski definition) is 6. The smallest absolute Gasteiger partial charge is 0.119 e. The van der Waals surface area contributed by atoms with Crippen LogP contribution in [0.2, 0.25) is 0 Å². The summed E-state index contributed by atoms with van der Waals surface area (Å²) in [6, 6.07) is 6.03. The van der Waals surface area contributed by atoms with E-state index in [1.807, 2.05) is 25.2 Å². The lowest BCUT2D eigenvalue weighted by molar-refractivity contribution is 0.201. The Morgan fingerprint density at radius 2 is 2.27 bits per heavy atom. The SMILES string of the molecule is CN/C=C(\C(C)=N)c1cnc2ccc(N3CCOC3)cc2n1. The molecule has 3 rings (SSSR count). The first-order chi connectivity index (χ1) is 10.7. The monoisotopic (exact) mass is 297 g/mol. The molecule has 22 heavy (non-hydrogen) atoms. The molecular weight excluding hydrogens is 278 g/mol. The van der Waals surface area contributed by atoms with Crippen LogP contribution >= 0.6 is 0 Å². The van der Waals surface area contributed by atoms with Crippen LogP contribution in [-0.2, 0) is 4.74 Å². The van der Waals surface area contributed by atoms with Gasteiger partial charge in [-0.05, 0) is 25.1 Å². The fraction of sp³-hybridized carbons (Fsp3) is 0.312. The van der Waals surface area contributed by atoms with Gasteiger partial charge in [0.2, 0.25) is 0 Å². The third-order valence-electron chi connectivity index (χ3n) is 3.61. The summed E-state index contributed by atoms with van der Waals surface area (Å²) < 4.78 is 5.39.